The van der Waals surface area contributed by atoms with Gasteiger partial charge in [-0.2, -0.15) is 0 Å². The number of hydrogen-bond acceptors (Lipinski definition) is 5. The molecule has 4 rings (SSSR count). The van der Waals surface area contributed by atoms with Gasteiger partial charge in [-0.25, -0.2) is 0 Å². The molecule has 0 bridgehead atoms. The number of nitrogens with zero attached hydrogens (tertiary/aromatic N) is 3. The second-order valence-electron chi connectivity index (χ2n) is 8.29. The van der Waals surface area contributed by atoms with Crippen molar-refractivity contribution in [3.63, 3.8) is 0 Å². The highest BCUT2D eigenvalue weighted by Gasteiger charge is 2.31. The van der Waals surface area contributed by atoms with Gasteiger partial charge in [0.25, 0.3) is 0 Å². The molecule has 1 aromatic rings. The van der Waals surface area contributed by atoms with E-state index in [0.717, 1.165) is 49.4 Å². The Labute approximate surface area is 162 Å². The Morgan fingerprint density at radius 3 is 2.63 bits per heavy atom. The van der Waals surface area contributed by atoms with Gasteiger partial charge in [0.15, 0.2) is 11.5 Å². The molecule has 27 heavy (non-hydrogen) atoms. The summed E-state index contributed by atoms with van der Waals surface area (Å²) in [4.78, 5) is 19.9. The number of rotatable bonds is 6. The molecule has 6 heteroatoms. The number of amides is 1. The number of ether oxygens (including phenoxy) is 2. The average molecular weight is 373 g/mol. The van der Waals surface area contributed by atoms with Gasteiger partial charge in [0.05, 0.1) is 6.54 Å². The largest absolute Gasteiger partial charge is 0.454 e. The maximum absolute atomic E-state index is 13.2. The SMILES string of the molecule is CN(C)[C@H]1CCN(CC(=O)N(Cc2ccc3c(c2)OCO3)C2CCCC2)C1. The van der Waals surface area contributed by atoms with Gasteiger partial charge >= 0.3 is 0 Å². The predicted molar refractivity (Wildman–Crippen MR) is 104 cm³/mol. The number of benzene rings is 1. The summed E-state index contributed by atoms with van der Waals surface area (Å²) in [5.41, 5.74) is 1.12. The van der Waals surface area contributed by atoms with E-state index in [2.05, 4.69) is 34.9 Å². The lowest BCUT2D eigenvalue weighted by molar-refractivity contribution is -0.135. The molecule has 0 radical (unpaired) electrons. The summed E-state index contributed by atoms with van der Waals surface area (Å²) in [6.07, 6.45) is 5.84. The van der Waals surface area contributed by atoms with E-state index in [1.54, 1.807) is 0 Å². The zero-order valence-electron chi connectivity index (χ0n) is 16.5. The normalized spacial score (nSPS) is 22.7. The van der Waals surface area contributed by atoms with Crippen molar-refractivity contribution < 1.29 is 14.3 Å². The molecule has 1 aliphatic carbocycles. The van der Waals surface area contributed by atoms with Gasteiger partial charge in [-0.3, -0.25) is 9.69 Å². The molecule has 1 saturated carbocycles. The molecule has 3 aliphatic rings. The van der Waals surface area contributed by atoms with E-state index in [-0.39, 0.29) is 12.7 Å². The van der Waals surface area contributed by atoms with Crippen molar-refractivity contribution >= 4 is 5.91 Å². The Bertz CT molecular complexity index is 673. The van der Waals surface area contributed by atoms with E-state index in [4.69, 9.17) is 9.47 Å². The minimum atomic E-state index is 0.263. The van der Waals surface area contributed by atoms with E-state index in [9.17, 15) is 4.79 Å². The lowest BCUT2D eigenvalue weighted by atomic mass is 10.1. The van der Waals surface area contributed by atoms with Crippen molar-refractivity contribution in [1.82, 2.24) is 14.7 Å². The fourth-order valence-electron chi connectivity index (χ4n) is 4.53. The second-order valence-corrected chi connectivity index (χ2v) is 8.29. The van der Waals surface area contributed by atoms with Crippen LogP contribution in [-0.2, 0) is 11.3 Å². The van der Waals surface area contributed by atoms with Crippen LogP contribution in [0.5, 0.6) is 11.5 Å². The summed E-state index contributed by atoms with van der Waals surface area (Å²) < 4.78 is 10.9. The van der Waals surface area contributed by atoms with Crippen molar-refractivity contribution in [2.24, 2.45) is 0 Å². The van der Waals surface area contributed by atoms with Crippen LogP contribution in [-0.4, -0.2) is 73.2 Å². The lowest BCUT2D eigenvalue weighted by Gasteiger charge is -2.31. The Hall–Kier alpha value is -1.79. The molecule has 148 valence electrons. The lowest BCUT2D eigenvalue weighted by Crippen LogP contribution is -2.44. The van der Waals surface area contributed by atoms with Crippen LogP contribution in [0.25, 0.3) is 0 Å². The Morgan fingerprint density at radius 2 is 1.89 bits per heavy atom. The molecule has 0 N–H and O–H groups in total. The van der Waals surface area contributed by atoms with Gasteiger partial charge in [0.2, 0.25) is 12.7 Å². The minimum absolute atomic E-state index is 0.263. The summed E-state index contributed by atoms with van der Waals surface area (Å²) in [6.45, 7) is 3.47. The van der Waals surface area contributed by atoms with Gasteiger partial charge in [-0.15, -0.1) is 0 Å². The number of likely N-dealkylation sites (N-methyl/N-ethyl adjacent to an activating group) is 1. The van der Waals surface area contributed by atoms with Crippen LogP contribution in [0.4, 0.5) is 0 Å². The van der Waals surface area contributed by atoms with E-state index in [0.29, 0.717) is 25.2 Å². The average Bonchev–Trinajstić information content (AvgIpc) is 3.39. The van der Waals surface area contributed by atoms with Crippen molar-refractivity contribution in [1.29, 1.82) is 0 Å². The van der Waals surface area contributed by atoms with Crippen molar-refractivity contribution in [3.05, 3.63) is 23.8 Å². The fraction of sp³-hybridized carbons (Fsp3) is 0.667. The van der Waals surface area contributed by atoms with Crippen molar-refractivity contribution in [3.8, 4) is 11.5 Å². The van der Waals surface area contributed by atoms with Crippen molar-refractivity contribution in [2.75, 3.05) is 40.5 Å². The molecular weight excluding hydrogens is 342 g/mol. The number of carbonyl (C=O) groups is 1. The second kappa shape index (κ2) is 8.07. The Kier molecular flexibility index (Phi) is 5.55. The highest BCUT2D eigenvalue weighted by Crippen LogP contribution is 2.33. The van der Waals surface area contributed by atoms with Gasteiger partial charge in [0.1, 0.15) is 0 Å². The topological polar surface area (TPSA) is 45.2 Å². The maximum atomic E-state index is 13.2. The van der Waals surface area contributed by atoms with Gasteiger partial charge in [-0.05, 0) is 51.1 Å². The molecule has 1 saturated heterocycles. The van der Waals surface area contributed by atoms with E-state index < -0.39 is 0 Å². The van der Waals surface area contributed by atoms with Crippen LogP contribution in [0.1, 0.15) is 37.7 Å². The summed E-state index contributed by atoms with van der Waals surface area (Å²) in [6, 6.07) is 6.97. The third-order valence-corrected chi connectivity index (χ3v) is 6.21. The summed E-state index contributed by atoms with van der Waals surface area (Å²) in [7, 11) is 4.25. The Morgan fingerprint density at radius 1 is 1.11 bits per heavy atom. The fourth-order valence-corrected chi connectivity index (χ4v) is 4.53. The van der Waals surface area contributed by atoms with Crippen LogP contribution in [0.15, 0.2) is 18.2 Å². The van der Waals surface area contributed by atoms with E-state index in [1.807, 2.05) is 12.1 Å². The standard InChI is InChI=1S/C21H31N3O3/c1-22(2)18-9-10-23(13-18)14-21(25)24(17-5-3-4-6-17)12-16-7-8-19-20(11-16)27-15-26-19/h7-8,11,17-18H,3-6,9-10,12-15H2,1-2H3/t18-/m0/s1. The molecule has 1 aromatic carbocycles. The highest BCUT2D eigenvalue weighted by molar-refractivity contribution is 5.78. The third-order valence-electron chi connectivity index (χ3n) is 6.21. The highest BCUT2D eigenvalue weighted by atomic mass is 16.7. The molecule has 0 aromatic heterocycles. The van der Waals surface area contributed by atoms with Crippen LogP contribution in [0.3, 0.4) is 0 Å². The number of likely N-dealkylation sites (tertiary alicyclic amines) is 1. The van der Waals surface area contributed by atoms with Gasteiger partial charge in [-0.1, -0.05) is 18.9 Å². The van der Waals surface area contributed by atoms with Crippen LogP contribution < -0.4 is 9.47 Å². The number of carbonyl (C=O) groups excluding carboxylic acids is 1. The molecule has 6 nitrogen and oxygen atoms in total. The summed E-state index contributed by atoms with van der Waals surface area (Å²) >= 11 is 0. The van der Waals surface area contributed by atoms with Crippen LogP contribution >= 0.6 is 0 Å². The first-order valence-corrected chi connectivity index (χ1v) is 10.2. The van der Waals surface area contributed by atoms with E-state index >= 15 is 0 Å². The first-order valence-electron chi connectivity index (χ1n) is 10.2. The molecule has 0 spiro atoms. The summed E-state index contributed by atoms with van der Waals surface area (Å²) in [5, 5.41) is 0. The molecule has 2 aliphatic heterocycles. The van der Waals surface area contributed by atoms with Crippen molar-refractivity contribution in [2.45, 2.75) is 50.7 Å². The number of hydrogen-bond donors (Lipinski definition) is 0. The zero-order chi connectivity index (χ0) is 18.8. The maximum Gasteiger partial charge on any atom is 0.237 e. The summed E-state index contributed by atoms with van der Waals surface area (Å²) in [5.74, 6) is 1.85. The first-order chi connectivity index (χ1) is 13.1. The molecule has 1 amide bonds. The van der Waals surface area contributed by atoms with Crippen LogP contribution in [0.2, 0.25) is 0 Å². The van der Waals surface area contributed by atoms with Gasteiger partial charge in [0, 0.05) is 31.7 Å². The number of fused-ring (bicyclic) bond motifs is 1. The monoisotopic (exact) mass is 373 g/mol. The van der Waals surface area contributed by atoms with E-state index in [1.165, 1.54) is 12.8 Å². The third kappa shape index (κ3) is 4.22. The minimum Gasteiger partial charge on any atom is -0.454 e. The molecule has 1 atom stereocenters. The Balaban J connectivity index is 1.43. The predicted octanol–water partition coefficient (Wildman–Crippen LogP) is 2.32. The molecule has 2 heterocycles. The molecular formula is C21H31N3O3. The molecule has 2 fully saturated rings. The molecule has 0 unspecified atom stereocenters. The zero-order valence-corrected chi connectivity index (χ0v) is 16.5. The van der Waals surface area contributed by atoms with Crippen LogP contribution in [0, 0.1) is 0 Å². The first kappa shape index (κ1) is 18.6. The van der Waals surface area contributed by atoms with Gasteiger partial charge < -0.3 is 19.3 Å². The smallest absolute Gasteiger partial charge is 0.237 e. The quantitative estimate of drug-likeness (QED) is 0.766.